The number of hydrogen-bond acceptors (Lipinski definition) is 4. The van der Waals surface area contributed by atoms with Crippen LogP contribution in [0.15, 0.2) is 4.99 Å². The minimum Gasteiger partial charge on any atom is -0.379 e. The number of aliphatic imine (C=N–C) groups is 1. The molecule has 2 aliphatic rings. The van der Waals surface area contributed by atoms with Gasteiger partial charge in [-0.05, 0) is 33.6 Å². The molecule has 136 valence electrons. The molecule has 2 rings (SSSR count). The highest BCUT2D eigenvalue weighted by molar-refractivity contribution is 14.0. The van der Waals surface area contributed by atoms with E-state index in [2.05, 4.69) is 41.3 Å². The summed E-state index contributed by atoms with van der Waals surface area (Å²) in [5.41, 5.74) is 0.0203. The van der Waals surface area contributed by atoms with Gasteiger partial charge in [-0.15, -0.1) is 24.0 Å². The standard InChI is InChI=1S/C16H32N4O2.HI/c1-15(2,20-7-10-21-11-8-20)12-18-14(17-4)19-13-16(3)6-5-9-22-16;/h5-13H2,1-4H3,(H2,17,18,19);1H. The number of morpholine rings is 1. The maximum Gasteiger partial charge on any atom is 0.191 e. The lowest BCUT2D eigenvalue weighted by Gasteiger charge is -2.41. The summed E-state index contributed by atoms with van der Waals surface area (Å²) in [5.74, 6) is 0.845. The van der Waals surface area contributed by atoms with E-state index >= 15 is 0 Å². The maximum absolute atomic E-state index is 5.81. The molecule has 6 nitrogen and oxygen atoms in total. The van der Waals surface area contributed by atoms with Gasteiger partial charge in [0.15, 0.2) is 5.96 Å². The average Bonchev–Trinajstić information content (AvgIpc) is 2.95. The van der Waals surface area contributed by atoms with Crippen molar-refractivity contribution < 1.29 is 9.47 Å². The minimum atomic E-state index is -0.0582. The molecule has 0 aromatic heterocycles. The summed E-state index contributed by atoms with van der Waals surface area (Å²) in [6.45, 7) is 12.8. The number of ether oxygens (including phenoxy) is 2. The molecule has 2 fully saturated rings. The number of halogens is 1. The summed E-state index contributed by atoms with van der Waals surface area (Å²) < 4.78 is 11.2. The summed E-state index contributed by atoms with van der Waals surface area (Å²) in [5, 5.41) is 6.85. The van der Waals surface area contributed by atoms with Crippen LogP contribution in [0.3, 0.4) is 0 Å². The highest BCUT2D eigenvalue weighted by atomic mass is 127. The van der Waals surface area contributed by atoms with Crippen LogP contribution in [-0.4, -0.2) is 75.0 Å². The number of hydrogen-bond donors (Lipinski definition) is 2. The van der Waals surface area contributed by atoms with Crippen LogP contribution >= 0.6 is 24.0 Å². The topological polar surface area (TPSA) is 58.1 Å². The smallest absolute Gasteiger partial charge is 0.191 e. The summed E-state index contributed by atoms with van der Waals surface area (Å²) in [6.07, 6.45) is 2.25. The van der Waals surface area contributed by atoms with E-state index in [0.717, 1.165) is 64.8 Å². The van der Waals surface area contributed by atoms with Crippen LogP contribution in [0.4, 0.5) is 0 Å². The van der Waals surface area contributed by atoms with Gasteiger partial charge in [-0.3, -0.25) is 9.89 Å². The van der Waals surface area contributed by atoms with Crippen LogP contribution in [0, 0.1) is 0 Å². The molecule has 1 unspecified atom stereocenters. The van der Waals surface area contributed by atoms with E-state index in [4.69, 9.17) is 9.47 Å². The van der Waals surface area contributed by atoms with Crippen molar-refractivity contribution >= 4 is 29.9 Å². The van der Waals surface area contributed by atoms with Crippen molar-refractivity contribution in [3.8, 4) is 0 Å². The van der Waals surface area contributed by atoms with Gasteiger partial charge in [0.2, 0.25) is 0 Å². The molecule has 23 heavy (non-hydrogen) atoms. The second-order valence-electron chi connectivity index (χ2n) is 7.09. The van der Waals surface area contributed by atoms with Gasteiger partial charge >= 0.3 is 0 Å². The van der Waals surface area contributed by atoms with Gasteiger partial charge in [0, 0.05) is 45.4 Å². The van der Waals surface area contributed by atoms with Crippen LogP contribution in [0.1, 0.15) is 33.6 Å². The molecule has 0 radical (unpaired) electrons. The van der Waals surface area contributed by atoms with Crippen molar-refractivity contribution in [1.29, 1.82) is 0 Å². The molecule has 0 saturated carbocycles. The predicted octanol–water partition coefficient (Wildman–Crippen LogP) is 1.45. The number of guanidine groups is 1. The first-order chi connectivity index (χ1) is 10.5. The highest BCUT2D eigenvalue weighted by Crippen LogP contribution is 2.23. The SMILES string of the molecule is CN=C(NCC1(C)CCCO1)NCC(C)(C)N1CCOCC1.I. The molecule has 0 spiro atoms. The Bertz CT molecular complexity index is 378. The first kappa shape index (κ1) is 20.9. The van der Waals surface area contributed by atoms with E-state index in [1.807, 2.05) is 7.05 Å². The van der Waals surface area contributed by atoms with Crippen LogP contribution in [0.2, 0.25) is 0 Å². The van der Waals surface area contributed by atoms with Gasteiger partial charge in [-0.1, -0.05) is 0 Å². The molecule has 2 saturated heterocycles. The summed E-state index contributed by atoms with van der Waals surface area (Å²) >= 11 is 0. The third kappa shape index (κ3) is 6.36. The summed E-state index contributed by atoms with van der Waals surface area (Å²) in [6, 6.07) is 0. The third-order valence-corrected chi connectivity index (χ3v) is 4.71. The minimum absolute atomic E-state index is 0. The molecule has 0 aromatic rings. The van der Waals surface area contributed by atoms with Gasteiger partial charge in [-0.2, -0.15) is 0 Å². The summed E-state index contributed by atoms with van der Waals surface area (Å²) in [7, 11) is 1.81. The van der Waals surface area contributed by atoms with E-state index in [9.17, 15) is 0 Å². The lowest BCUT2D eigenvalue weighted by Crippen LogP contribution is -2.57. The van der Waals surface area contributed by atoms with Gasteiger partial charge < -0.3 is 20.1 Å². The lowest BCUT2D eigenvalue weighted by atomic mass is 10.0. The van der Waals surface area contributed by atoms with E-state index < -0.39 is 0 Å². The van der Waals surface area contributed by atoms with Crippen molar-refractivity contribution in [2.45, 2.75) is 44.8 Å². The molecule has 2 aliphatic heterocycles. The van der Waals surface area contributed by atoms with Crippen LogP contribution < -0.4 is 10.6 Å². The van der Waals surface area contributed by atoms with E-state index in [-0.39, 0.29) is 35.1 Å². The first-order valence-corrected chi connectivity index (χ1v) is 8.36. The number of rotatable bonds is 5. The zero-order valence-corrected chi connectivity index (χ0v) is 17.3. The Morgan fingerprint density at radius 3 is 2.48 bits per heavy atom. The predicted molar refractivity (Wildman–Crippen MR) is 105 cm³/mol. The molecular weight excluding hydrogens is 407 g/mol. The Morgan fingerprint density at radius 2 is 1.91 bits per heavy atom. The van der Waals surface area contributed by atoms with Crippen LogP contribution in [0.25, 0.3) is 0 Å². The Kier molecular flexibility index (Phi) is 8.54. The third-order valence-electron chi connectivity index (χ3n) is 4.71. The molecule has 2 heterocycles. The monoisotopic (exact) mass is 440 g/mol. The van der Waals surface area contributed by atoms with Gasteiger partial charge in [0.1, 0.15) is 0 Å². The maximum atomic E-state index is 5.81. The molecule has 0 amide bonds. The molecule has 2 N–H and O–H groups in total. The molecule has 1 atom stereocenters. The Morgan fingerprint density at radius 1 is 1.22 bits per heavy atom. The Balaban J connectivity index is 0.00000264. The molecular formula is C16H33IN4O2. The van der Waals surface area contributed by atoms with Crippen molar-refractivity contribution in [1.82, 2.24) is 15.5 Å². The van der Waals surface area contributed by atoms with E-state index in [1.54, 1.807) is 0 Å². The van der Waals surface area contributed by atoms with Crippen LogP contribution in [0.5, 0.6) is 0 Å². The van der Waals surface area contributed by atoms with Crippen molar-refractivity contribution in [2.75, 3.05) is 53.0 Å². The zero-order valence-electron chi connectivity index (χ0n) is 15.0. The first-order valence-electron chi connectivity index (χ1n) is 8.36. The van der Waals surface area contributed by atoms with E-state index in [1.165, 1.54) is 0 Å². The normalized spacial score (nSPS) is 26.7. The van der Waals surface area contributed by atoms with Crippen molar-refractivity contribution in [2.24, 2.45) is 4.99 Å². The molecule has 7 heteroatoms. The molecule has 0 aliphatic carbocycles. The molecule has 0 bridgehead atoms. The second kappa shape index (κ2) is 9.39. The van der Waals surface area contributed by atoms with Gasteiger partial charge in [0.05, 0.1) is 18.8 Å². The second-order valence-corrected chi connectivity index (χ2v) is 7.09. The van der Waals surface area contributed by atoms with Crippen molar-refractivity contribution in [3.63, 3.8) is 0 Å². The molecule has 0 aromatic carbocycles. The highest BCUT2D eigenvalue weighted by Gasteiger charge is 2.31. The Hall–Kier alpha value is -0.120. The fourth-order valence-corrected chi connectivity index (χ4v) is 3.05. The van der Waals surface area contributed by atoms with Crippen molar-refractivity contribution in [3.05, 3.63) is 0 Å². The number of nitrogens with one attached hydrogen (secondary N) is 2. The zero-order chi connectivity index (χ0) is 16.1. The quantitative estimate of drug-likeness (QED) is 0.385. The van der Waals surface area contributed by atoms with Gasteiger partial charge in [-0.25, -0.2) is 0 Å². The van der Waals surface area contributed by atoms with E-state index in [0.29, 0.717) is 0 Å². The fraction of sp³-hybridized carbons (Fsp3) is 0.938. The summed E-state index contributed by atoms with van der Waals surface area (Å²) in [4.78, 5) is 6.79. The largest absolute Gasteiger partial charge is 0.379 e. The average molecular weight is 440 g/mol. The lowest BCUT2D eigenvalue weighted by molar-refractivity contribution is -0.00842. The van der Waals surface area contributed by atoms with Gasteiger partial charge in [0.25, 0.3) is 0 Å². The number of nitrogens with zero attached hydrogens (tertiary/aromatic N) is 2. The fourth-order valence-electron chi connectivity index (χ4n) is 3.05. The van der Waals surface area contributed by atoms with Crippen LogP contribution in [-0.2, 0) is 9.47 Å². The Labute approximate surface area is 157 Å².